The van der Waals surface area contributed by atoms with Crippen molar-refractivity contribution in [3.8, 4) is 22.9 Å². The third-order valence-corrected chi connectivity index (χ3v) is 3.34. The number of para-hydroxylation sites is 1. The van der Waals surface area contributed by atoms with Gasteiger partial charge in [-0.1, -0.05) is 11.2 Å². The van der Waals surface area contributed by atoms with E-state index < -0.39 is 5.97 Å². The van der Waals surface area contributed by atoms with E-state index in [1.54, 1.807) is 6.07 Å². The molecule has 0 bridgehead atoms. The highest BCUT2D eigenvalue weighted by Crippen LogP contribution is 2.30. The molecule has 3 aromatic rings. The van der Waals surface area contributed by atoms with Crippen LogP contribution in [0.2, 0.25) is 0 Å². The highest BCUT2D eigenvalue weighted by molar-refractivity contribution is 5.93. The second-order valence-electron chi connectivity index (χ2n) is 4.95. The monoisotopic (exact) mass is 344 g/mol. The quantitative estimate of drug-likeness (QED) is 0.711. The Morgan fingerprint density at radius 3 is 2.72 bits per heavy atom. The van der Waals surface area contributed by atoms with Gasteiger partial charge >= 0.3 is 5.97 Å². The van der Waals surface area contributed by atoms with Gasteiger partial charge in [-0.3, -0.25) is 0 Å². The normalized spacial score (nSPS) is 10.5. The van der Waals surface area contributed by atoms with Crippen LogP contribution >= 0.6 is 0 Å². The third kappa shape index (κ3) is 3.57. The van der Waals surface area contributed by atoms with Crippen molar-refractivity contribution in [2.45, 2.75) is 6.61 Å². The number of nitrogens with zero attached hydrogens (tertiary/aromatic N) is 2. The van der Waals surface area contributed by atoms with Crippen LogP contribution in [0.25, 0.3) is 11.4 Å². The molecule has 0 fully saturated rings. The van der Waals surface area contributed by atoms with Crippen LogP contribution in [0.4, 0.5) is 4.39 Å². The van der Waals surface area contributed by atoms with Crippen LogP contribution in [-0.2, 0) is 11.3 Å². The highest BCUT2D eigenvalue weighted by atomic mass is 19.1. The number of phenolic OH excluding ortho intramolecular Hbond substituents is 1. The molecule has 0 spiro atoms. The SMILES string of the molecule is COc1cccc(C(=O)OCc2nc(-c3ccc(F)cc3)no2)c1O. The summed E-state index contributed by atoms with van der Waals surface area (Å²) in [4.78, 5) is 16.1. The number of ether oxygens (including phenoxy) is 2. The van der Waals surface area contributed by atoms with Crippen LogP contribution < -0.4 is 4.74 Å². The fraction of sp³-hybridized carbons (Fsp3) is 0.118. The number of esters is 1. The molecule has 0 aliphatic carbocycles. The largest absolute Gasteiger partial charge is 0.504 e. The number of rotatable bonds is 5. The van der Waals surface area contributed by atoms with Crippen LogP contribution in [0.15, 0.2) is 47.0 Å². The van der Waals surface area contributed by atoms with Crippen LogP contribution in [0, 0.1) is 5.82 Å². The summed E-state index contributed by atoms with van der Waals surface area (Å²) in [7, 11) is 1.37. The third-order valence-electron chi connectivity index (χ3n) is 3.34. The van der Waals surface area contributed by atoms with Gasteiger partial charge in [0.1, 0.15) is 11.4 Å². The number of aromatic nitrogens is 2. The maximum Gasteiger partial charge on any atom is 0.342 e. The predicted molar refractivity (Wildman–Crippen MR) is 83.5 cm³/mol. The number of halogens is 1. The minimum atomic E-state index is -0.766. The summed E-state index contributed by atoms with van der Waals surface area (Å²) < 4.78 is 27.9. The number of hydrogen-bond acceptors (Lipinski definition) is 7. The molecule has 0 aliphatic rings. The molecule has 0 unspecified atom stereocenters. The fourth-order valence-corrected chi connectivity index (χ4v) is 2.09. The minimum absolute atomic E-state index is 0.0439. The molecule has 0 saturated carbocycles. The molecular formula is C17H13FN2O5. The van der Waals surface area contributed by atoms with E-state index >= 15 is 0 Å². The first kappa shape index (κ1) is 16.4. The van der Waals surface area contributed by atoms with Crippen LogP contribution in [0.5, 0.6) is 11.5 Å². The molecule has 0 aliphatic heterocycles. The Labute approximate surface area is 141 Å². The lowest BCUT2D eigenvalue weighted by Crippen LogP contribution is -2.06. The van der Waals surface area contributed by atoms with E-state index in [9.17, 15) is 14.3 Å². The summed E-state index contributed by atoms with van der Waals surface area (Å²) in [5.41, 5.74) is 0.519. The zero-order chi connectivity index (χ0) is 17.8. The van der Waals surface area contributed by atoms with Gasteiger partial charge < -0.3 is 19.1 Å². The van der Waals surface area contributed by atoms with Crippen molar-refractivity contribution in [1.29, 1.82) is 0 Å². The maximum atomic E-state index is 12.9. The van der Waals surface area contributed by atoms with Crippen molar-refractivity contribution in [3.63, 3.8) is 0 Å². The van der Waals surface area contributed by atoms with E-state index in [-0.39, 0.29) is 41.2 Å². The second-order valence-corrected chi connectivity index (χ2v) is 4.95. The molecule has 0 saturated heterocycles. The molecule has 128 valence electrons. The van der Waals surface area contributed by atoms with Gasteiger partial charge in [-0.25, -0.2) is 9.18 Å². The van der Waals surface area contributed by atoms with Gasteiger partial charge in [0.05, 0.1) is 7.11 Å². The molecular weight excluding hydrogens is 331 g/mol. The van der Waals surface area contributed by atoms with Crippen molar-refractivity contribution in [2.24, 2.45) is 0 Å². The molecule has 0 amide bonds. The molecule has 0 radical (unpaired) electrons. The summed E-state index contributed by atoms with van der Waals surface area (Å²) in [5.74, 6) is -0.985. The zero-order valence-corrected chi connectivity index (χ0v) is 13.1. The molecule has 1 aromatic heterocycles. The van der Waals surface area contributed by atoms with Gasteiger partial charge in [-0.2, -0.15) is 4.98 Å². The first-order valence-corrected chi connectivity index (χ1v) is 7.20. The van der Waals surface area contributed by atoms with E-state index in [2.05, 4.69) is 10.1 Å². The molecule has 3 rings (SSSR count). The Bertz CT molecular complexity index is 892. The Morgan fingerprint density at radius 1 is 1.24 bits per heavy atom. The molecule has 7 nitrogen and oxygen atoms in total. The number of benzene rings is 2. The average Bonchev–Trinajstić information content (AvgIpc) is 3.09. The van der Waals surface area contributed by atoms with Gasteiger partial charge in [-0.05, 0) is 36.4 Å². The summed E-state index contributed by atoms with van der Waals surface area (Å²) in [6.07, 6.45) is 0. The number of methoxy groups -OCH3 is 1. The Balaban J connectivity index is 1.68. The maximum absolute atomic E-state index is 12.9. The fourth-order valence-electron chi connectivity index (χ4n) is 2.09. The summed E-state index contributed by atoms with van der Waals surface area (Å²) >= 11 is 0. The van der Waals surface area contributed by atoms with E-state index in [0.29, 0.717) is 5.56 Å². The van der Waals surface area contributed by atoms with E-state index in [4.69, 9.17) is 14.0 Å². The number of aromatic hydroxyl groups is 1. The van der Waals surface area contributed by atoms with E-state index in [0.717, 1.165) is 0 Å². The number of carbonyl (C=O) groups is 1. The highest BCUT2D eigenvalue weighted by Gasteiger charge is 2.18. The lowest BCUT2D eigenvalue weighted by atomic mass is 10.2. The molecule has 25 heavy (non-hydrogen) atoms. The van der Waals surface area contributed by atoms with Gasteiger partial charge in [-0.15, -0.1) is 0 Å². The Hall–Kier alpha value is -3.42. The lowest BCUT2D eigenvalue weighted by molar-refractivity contribution is 0.0426. The minimum Gasteiger partial charge on any atom is -0.504 e. The molecule has 2 aromatic carbocycles. The Morgan fingerprint density at radius 2 is 2.00 bits per heavy atom. The standard InChI is InChI=1S/C17H13FN2O5/c1-23-13-4-2-3-12(15(13)21)17(22)24-9-14-19-16(20-25-14)10-5-7-11(18)8-6-10/h2-8,21H,9H2,1H3. The average molecular weight is 344 g/mol. The van der Waals surface area contributed by atoms with Gasteiger partial charge in [0.15, 0.2) is 18.1 Å². The topological polar surface area (TPSA) is 94.7 Å². The summed E-state index contributed by atoms with van der Waals surface area (Å²) in [6.45, 7) is -0.274. The Kier molecular flexibility index (Phi) is 4.60. The zero-order valence-electron chi connectivity index (χ0n) is 13.1. The van der Waals surface area contributed by atoms with Gasteiger partial charge in [0.25, 0.3) is 5.89 Å². The first-order valence-electron chi connectivity index (χ1n) is 7.20. The first-order chi connectivity index (χ1) is 12.1. The van der Waals surface area contributed by atoms with Gasteiger partial charge in [0.2, 0.25) is 5.82 Å². The van der Waals surface area contributed by atoms with E-state index in [1.165, 1.54) is 43.5 Å². The van der Waals surface area contributed by atoms with Gasteiger partial charge in [0, 0.05) is 5.56 Å². The predicted octanol–water partition coefficient (Wildman–Crippen LogP) is 2.95. The van der Waals surface area contributed by atoms with Crippen molar-refractivity contribution in [3.05, 3.63) is 59.7 Å². The summed E-state index contributed by atoms with van der Waals surface area (Å²) in [6, 6.07) is 10.0. The number of phenols is 1. The second kappa shape index (κ2) is 7.00. The van der Waals surface area contributed by atoms with Crippen molar-refractivity contribution >= 4 is 5.97 Å². The van der Waals surface area contributed by atoms with Crippen LogP contribution in [-0.4, -0.2) is 28.3 Å². The molecule has 8 heteroatoms. The van der Waals surface area contributed by atoms with Crippen molar-refractivity contribution in [1.82, 2.24) is 10.1 Å². The van der Waals surface area contributed by atoms with E-state index in [1.807, 2.05) is 0 Å². The number of hydrogen-bond donors (Lipinski definition) is 1. The molecule has 1 N–H and O–H groups in total. The summed E-state index contributed by atoms with van der Waals surface area (Å²) in [5, 5.41) is 13.7. The number of carbonyl (C=O) groups excluding carboxylic acids is 1. The van der Waals surface area contributed by atoms with Crippen LogP contribution in [0.1, 0.15) is 16.2 Å². The molecule has 0 atom stereocenters. The van der Waals surface area contributed by atoms with Crippen molar-refractivity contribution in [2.75, 3.05) is 7.11 Å². The lowest BCUT2D eigenvalue weighted by Gasteiger charge is -2.07. The van der Waals surface area contributed by atoms with Crippen LogP contribution in [0.3, 0.4) is 0 Å². The smallest absolute Gasteiger partial charge is 0.342 e. The van der Waals surface area contributed by atoms with Crippen molar-refractivity contribution < 1.29 is 28.3 Å². The molecule has 1 heterocycles.